The summed E-state index contributed by atoms with van der Waals surface area (Å²) in [6, 6.07) is 51.6. The normalized spacial score (nSPS) is 11.8. The largest absolute Gasteiger partial charge is 0.456 e. The van der Waals surface area contributed by atoms with Gasteiger partial charge in [0.2, 0.25) is 0 Å². The van der Waals surface area contributed by atoms with Crippen molar-refractivity contribution in [1.29, 1.82) is 0 Å². The number of benzene rings is 7. The molecule has 0 radical (unpaired) electrons. The van der Waals surface area contributed by atoms with E-state index in [2.05, 4.69) is 72.8 Å². The molecule has 0 fully saturated rings. The van der Waals surface area contributed by atoms with Crippen LogP contribution in [0.1, 0.15) is 0 Å². The summed E-state index contributed by atoms with van der Waals surface area (Å²) in [5, 5.41) is 6.47. The number of nitrogens with zero attached hydrogens (tertiary/aromatic N) is 3. The van der Waals surface area contributed by atoms with Gasteiger partial charge >= 0.3 is 0 Å². The van der Waals surface area contributed by atoms with Gasteiger partial charge in [0.1, 0.15) is 22.3 Å². The van der Waals surface area contributed by atoms with E-state index < -0.39 is 0 Å². The molecule has 5 nitrogen and oxygen atoms in total. The molecule has 0 amide bonds. The summed E-state index contributed by atoms with van der Waals surface area (Å²) in [6.45, 7) is 0. The van der Waals surface area contributed by atoms with Crippen LogP contribution in [0.4, 0.5) is 0 Å². The first-order valence-electron chi connectivity index (χ1n) is 15.9. The third kappa shape index (κ3) is 4.22. The van der Waals surface area contributed by atoms with Crippen molar-refractivity contribution in [2.24, 2.45) is 0 Å². The van der Waals surface area contributed by atoms with Crippen LogP contribution in [0, 0.1) is 0 Å². The second-order valence-corrected chi connectivity index (χ2v) is 12.0. The van der Waals surface area contributed by atoms with Crippen molar-refractivity contribution in [2.45, 2.75) is 0 Å². The molecular formula is C43H25N3O2. The van der Waals surface area contributed by atoms with E-state index in [0.29, 0.717) is 17.5 Å². The Morgan fingerprint density at radius 1 is 0.354 bits per heavy atom. The van der Waals surface area contributed by atoms with Crippen LogP contribution in [0.3, 0.4) is 0 Å². The Morgan fingerprint density at radius 2 is 1.02 bits per heavy atom. The first-order valence-corrected chi connectivity index (χ1v) is 15.9. The molecule has 10 rings (SSSR count). The zero-order chi connectivity index (χ0) is 31.6. The van der Waals surface area contributed by atoms with E-state index in [0.717, 1.165) is 82.5 Å². The van der Waals surface area contributed by atoms with Gasteiger partial charge in [-0.05, 0) is 58.3 Å². The Kier molecular flexibility index (Phi) is 5.81. The predicted octanol–water partition coefficient (Wildman–Crippen LogP) is 11.5. The molecule has 3 heterocycles. The fourth-order valence-corrected chi connectivity index (χ4v) is 6.83. The number of hydrogen-bond donors (Lipinski definition) is 0. The van der Waals surface area contributed by atoms with Crippen molar-refractivity contribution in [3.63, 3.8) is 0 Å². The average Bonchev–Trinajstić information content (AvgIpc) is 3.73. The predicted molar refractivity (Wildman–Crippen MR) is 194 cm³/mol. The highest BCUT2D eigenvalue weighted by molar-refractivity contribution is 6.15. The van der Waals surface area contributed by atoms with Crippen molar-refractivity contribution >= 4 is 54.6 Å². The van der Waals surface area contributed by atoms with Crippen molar-refractivity contribution in [3.05, 3.63) is 152 Å². The lowest BCUT2D eigenvalue weighted by Crippen LogP contribution is -2.00. The third-order valence-corrected chi connectivity index (χ3v) is 9.11. The molecule has 0 aliphatic carbocycles. The standard InChI is InChI=1S/C43H25N3O2/c1-2-12-27(13-3-1)41-44-42(29-22-21-26-11-4-5-14-28(26)23-29)46-43(45-41)35-25-30(24-34-32-15-6-8-18-36(32)48-40(34)35)31-17-10-20-38-39(31)33-16-7-9-19-37(33)47-38/h1-25H. The van der Waals surface area contributed by atoms with Crippen LogP contribution in [-0.4, -0.2) is 15.0 Å². The number of para-hydroxylation sites is 2. The molecule has 0 spiro atoms. The summed E-state index contributed by atoms with van der Waals surface area (Å²) in [5.41, 5.74) is 7.97. The quantitative estimate of drug-likeness (QED) is 0.197. The fraction of sp³-hybridized carbons (Fsp3) is 0. The van der Waals surface area contributed by atoms with E-state index in [4.69, 9.17) is 23.8 Å². The molecular weight excluding hydrogens is 590 g/mol. The lowest BCUT2D eigenvalue weighted by Gasteiger charge is -2.11. The Morgan fingerprint density at radius 3 is 1.88 bits per heavy atom. The summed E-state index contributed by atoms with van der Waals surface area (Å²) >= 11 is 0. The zero-order valence-electron chi connectivity index (χ0n) is 25.6. The molecule has 0 saturated heterocycles. The van der Waals surface area contributed by atoms with Crippen LogP contribution in [0.5, 0.6) is 0 Å². The number of furan rings is 2. The smallest absolute Gasteiger partial charge is 0.167 e. The highest BCUT2D eigenvalue weighted by Gasteiger charge is 2.21. The Labute approximate surface area is 274 Å². The van der Waals surface area contributed by atoms with Gasteiger partial charge in [-0.1, -0.05) is 115 Å². The molecule has 10 aromatic rings. The van der Waals surface area contributed by atoms with Crippen molar-refractivity contribution in [3.8, 4) is 45.3 Å². The maximum absolute atomic E-state index is 6.60. The SMILES string of the molecule is c1ccc(-c2nc(-c3ccc4ccccc4c3)nc(-c3cc(-c4cccc5oc6ccccc6c45)cc4c3oc3ccccc34)n2)cc1. The first-order chi connectivity index (χ1) is 23.8. The van der Waals surface area contributed by atoms with E-state index in [9.17, 15) is 0 Å². The second kappa shape index (κ2) is 10.5. The maximum atomic E-state index is 6.60. The summed E-state index contributed by atoms with van der Waals surface area (Å²) in [5.74, 6) is 1.74. The molecule has 0 atom stereocenters. The lowest BCUT2D eigenvalue weighted by molar-refractivity contribution is 0.669. The van der Waals surface area contributed by atoms with Crippen LogP contribution >= 0.6 is 0 Å². The molecule has 0 aliphatic heterocycles. The molecule has 0 bridgehead atoms. The zero-order valence-corrected chi connectivity index (χ0v) is 25.6. The molecule has 0 aliphatic rings. The van der Waals surface area contributed by atoms with Crippen LogP contribution in [-0.2, 0) is 0 Å². The minimum atomic E-state index is 0.544. The number of rotatable bonds is 4. The van der Waals surface area contributed by atoms with Gasteiger partial charge in [0.25, 0.3) is 0 Å². The van der Waals surface area contributed by atoms with Gasteiger partial charge in [0, 0.05) is 32.7 Å². The van der Waals surface area contributed by atoms with Gasteiger partial charge in [0.05, 0.1) is 5.56 Å². The van der Waals surface area contributed by atoms with Crippen LogP contribution in [0.15, 0.2) is 160 Å². The molecule has 224 valence electrons. The van der Waals surface area contributed by atoms with Gasteiger partial charge in [-0.2, -0.15) is 0 Å². The van der Waals surface area contributed by atoms with E-state index in [1.165, 1.54) is 0 Å². The highest BCUT2D eigenvalue weighted by atomic mass is 16.3. The molecule has 3 aromatic heterocycles. The van der Waals surface area contributed by atoms with Gasteiger partial charge < -0.3 is 8.83 Å². The molecule has 0 N–H and O–H groups in total. The monoisotopic (exact) mass is 615 g/mol. The average molecular weight is 616 g/mol. The molecule has 48 heavy (non-hydrogen) atoms. The van der Waals surface area contributed by atoms with Gasteiger partial charge in [0.15, 0.2) is 17.5 Å². The summed E-state index contributed by atoms with van der Waals surface area (Å²) < 4.78 is 12.9. The van der Waals surface area contributed by atoms with E-state index in [1.807, 2.05) is 78.9 Å². The number of aromatic nitrogens is 3. The summed E-state index contributed by atoms with van der Waals surface area (Å²) in [7, 11) is 0. The molecule has 5 heteroatoms. The van der Waals surface area contributed by atoms with Crippen molar-refractivity contribution in [2.75, 3.05) is 0 Å². The highest BCUT2D eigenvalue weighted by Crippen LogP contribution is 2.42. The molecule has 7 aromatic carbocycles. The second-order valence-electron chi connectivity index (χ2n) is 12.0. The minimum absolute atomic E-state index is 0.544. The Hall–Kier alpha value is -6.59. The van der Waals surface area contributed by atoms with E-state index in [-0.39, 0.29) is 0 Å². The maximum Gasteiger partial charge on any atom is 0.167 e. The lowest BCUT2D eigenvalue weighted by atomic mass is 9.95. The number of fused-ring (bicyclic) bond motifs is 7. The molecule has 0 saturated carbocycles. The van der Waals surface area contributed by atoms with Crippen LogP contribution in [0.25, 0.3) is 99.9 Å². The van der Waals surface area contributed by atoms with Gasteiger partial charge in [-0.3, -0.25) is 0 Å². The molecule has 0 unspecified atom stereocenters. The van der Waals surface area contributed by atoms with Crippen molar-refractivity contribution < 1.29 is 8.83 Å². The van der Waals surface area contributed by atoms with Gasteiger partial charge in [-0.15, -0.1) is 0 Å². The van der Waals surface area contributed by atoms with Crippen molar-refractivity contribution in [1.82, 2.24) is 15.0 Å². The summed E-state index contributed by atoms with van der Waals surface area (Å²) in [6.07, 6.45) is 0. The fourth-order valence-electron chi connectivity index (χ4n) is 6.83. The topological polar surface area (TPSA) is 65.0 Å². The van der Waals surface area contributed by atoms with Crippen LogP contribution < -0.4 is 0 Å². The Bertz CT molecular complexity index is 2850. The minimum Gasteiger partial charge on any atom is -0.456 e. The van der Waals surface area contributed by atoms with Gasteiger partial charge in [-0.25, -0.2) is 15.0 Å². The van der Waals surface area contributed by atoms with E-state index in [1.54, 1.807) is 0 Å². The first kappa shape index (κ1) is 26.6. The third-order valence-electron chi connectivity index (χ3n) is 9.11. The number of hydrogen-bond acceptors (Lipinski definition) is 5. The van der Waals surface area contributed by atoms with E-state index >= 15 is 0 Å². The summed E-state index contributed by atoms with van der Waals surface area (Å²) in [4.78, 5) is 15.3. The van der Waals surface area contributed by atoms with Crippen LogP contribution in [0.2, 0.25) is 0 Å². The Balaban J connectivity index is 1.28.